The summed E-state index contributed by atoms with van der Waals surface area (Å²) in [7, 11) is 4.79. The number of rotatable bonds is 4. The van der Waals surface area contributed by atoms with Crippen LogP contribution in [-0.2, 0) is 7.05 Å². The van der Waals surface area contributed by atoms with E-state index in [1.54, 1.807) is 30.1 Å². The molecule has 1 aromatic carbocycles. The lowest BCUT2D eigenvalue weighted by Gasteiger charge is -2.11. The lowest BCUT2D eigenvalue weighted by molar-refractivity contribution is 0.112. The molecule has 0 aliphatic carbocycles. The second-order valence-electron chi connectivity index (χ2n) is 3.98. The number of hydrogen-bond acceptors (Lipinski definition) is 5. The summed E-state index contributed by atoms with van der Waals surface area (Å²) < 4.78 is 11.9. The van der Waals surface area contributed by atoms with Crippen molar-refractivity contribution in [1.82, 2.24) is 9.78 Å². The molecule has 2 N–H and O–H groups in total. The number of aromatic nitrogens is 2. The van der Waals surface area contributed by atoms with Crippen LogP contribution < -0.4 is 15.2 Å². The van der Waals surface area contributed by atoms with Crippen LogP contribution in [0.25, 0.3) is 11.1 Å². The standard InChI is InChI=1S/C13H15N3O3/c1-16-13(14)10(6-15-16)9-5-12(19-3)11(18-2)4-8(9)7-17/h4-7H,14H2,1-3H3. The average Bonchev–Trinajstić information content (AvgIpc) is 2.77. The molecule has 0 spiro atoms. The van der Waals surface area contributed by atoms with Gasteiger partial charge in [-0.3, -0.25) is 9.48 Å². The number of anilines is 1. The van der Waals surface area contributed by atoms with E-state index < -0.39 is 0 Å². The first-order valence-electron chi connectivity index (χ1n) is 5.61. The molecule has 0 saturated heterocycles. The molecule has 0 aliphatic rings. The van der Waals surface area contributed by atoms with Crippen LogP contribution in [0.3, 0.4) is 0 Å². The molecule has 0 fully saturated rings. The molecule has 0 saturated carbocycles. The minimum absolute atomic E-state index is 0.470. The van der Waals surface area contributed by atoms with Gasteiger partial charge in [0.15, 0.2) is 17.8 Å². The Kier molecular flexibility index (Phi) is 3.41. The number of aldehydes is 1. The van der Waals surface area contributed by atoms with E-state index in [0.29, 0.717) is 34.0 Å². The van der Waals surface area contributed by atoms with Gasteiger partial charge in [-0.1, -0.05) is 0 Å². The number of methoxy groups -OCH3 is 2. The zero-order chi connectivity index (χ0) is 14.0. The quantitative estimate of drug-likeness (QED) is 0.844. The number of nitrogen functional groups attached to an aromatic ring is 1. The van der Waals surface area contributed by atoms with Crippen molar-refractivity contribution in [3.8, 4) is 22.6 Å². The monoisotopic (exact) mass is 261 g/mol. The number of hydrogen-bond donors (Lipinski definition) is 1. The molecule has 2 aromatic rings. The van der Waals surface area contributed by atoms with Crippen LogP contribution >= 0.6 is 0 Å². The average molecular weight is 261 g/mol. The summed E-state index contributed by atoms with van der Waals surface area (Å²) in [5, 5.41) is 4.07. The highest BCUT2D eigenvalue weighted by molar-refractivity contribution is 5.91. The van der Waals surface area contributed by atoms with Gasteiger partial charge < -0.3 is 15.2 Å². The molecule has 100 valence electrons. The predicted molar refractivity (Wildman–Crippen MR) is 71.5 cm³/mol. The third kappa shape index (κ3) is 2.12. The molecule has 0 aliphatic heterocycles. The fraction of sp³-hybridized carbons (Fsp3) is 0.231. The van der Waals surface area contributed by atoms with Crippen molar-refractivity contribution in [2.24, 2.45) is 7.05 Å². The Hall–Kier alpha value is -2.50. The first kappa shape index (κ1) is 12.9. The van der Waals surface area contributed by atoms with E-state index in [4.69, 9.17) is 15.2 Å². The van der Waals surface area contributed by atoms with Crippen molar-refractivity contribution in [3.05, 3.63) is 23.9 Å². The van der Waals surface area contributed by atoms with Gasteiger partial charge in [-0.05, 0) is 12.1 Å². The summed E-state index contributed by atoms with van der Waals surface area (Å²) >= 11 is 0. The van der Waals surface area contributed by atoms with Crippen molar-refractivity contribution in [2.45, 2.75) is 0 Å². The van der Waals surface area contributed by atoms with Crippen LogP contribution in [0.5, 0.6) is 11.5 Å². The Morgan fingerprint density at radius 1 is 1.21 bits per heavy atom. The molecule has 6 nitrogen and oxygen atoms in total. The summed E-state index contributed by atoms with van der Waals surface area (Å²) in [5.41, 5.74) is 7.75. The van der Waals surface area contributed by atoms with Gasteiger partial charge in [0.25, 0.3) is 0 Å². The Balaban J connectivity index is 2.68. The van der Waals surface area contributed by atoms with Crippen LogP contribution in [0.2, 0.25) is 0 Å². The number of carbonyl (C=O) groups excluding carboxylic acids is 1. The third-order valence-electron chi connectivity index (χ3n) is 2.96. The molecule has 6 heteroatoms. The van der Waals surface area contributed by atoms with Crippen LogP contribution in [0.4, 0.5) is 5.82 Å². The van der Waals surface area contributed by atoms with Crippen LogP contribution in [-0.4, -0.2) is 30.3 Å². The molecular formula is C13H15N3O3. The van der Waals surface area contributed by atoms with Gasteiger partial charge in [0.2, 0.25) is 0 Å². The molecule has 1 heterocycles. The van der Waals surface area contributed by atoms with E-state index >= 15 is 0 Å². The highest BCUT2D eigenvalue weighted by Crippen LogP contribution is 2.36. The minimum atomic E-state index is 0.470. The zero-order valence-electron chi connectivity index (χ0n) is 11.0. The Morgan fingerprint density at radius 2 is 1.84 bits per heavy atom. The van der Waals surface area contributed by atoms with E-state index in [1.807, 2.05) is 0 Å². The first-order chi connectivity index (χ1) is 9.12. The first-order valence-corrected chi connectivity index (χ1v) is 5.61. The summed E-state index contributed by atoms with van der Waals surface area (Å²) in [5.74, 6) is 1.51. The summed E-state index contributed by atoms with van der Waals surface area (Å²) in [4.78, 5) is 11.2. The molecule has 19 heavy (non-hydrogen) atoms. The van der Waals surface area contributed by atoms with Crippen molar-refractivity contribution in [3.63, 3.8) is 0 Å². The number of benzene rings is 1. The molecule has 0 atom stereocenters. The van der Waals surface area contributed by atoms with Gasteiger partial charge in [-0.2, -0.15) is 5.10 Å². The van der Waals surface area contributed by atoms with Gasteiger partial charge in [0, 0.05) is 23.7 Å². The molecule has 0 unspecified atom stereocenters. The predicted octanol–water partition coefficient (Wildman–Crippen LogP) is 1.50. The number of carbonyl (C=O) groups is 1. The van der Waals surface area contributed by atoms with Crippen molar-refractivity contribution in [1.29, 1.82) is 0 Å². The summed E-state index contributed by atoms with van der Waals surface area (Å²) in [6.07, 6.45) is 2.37. The SMILES string of the molecule is COc1cc(C=O)c(-c2cnn(C)c2N)cc1OC. The smallest absolute Gasteiger partial charge is 0.161 e. The molecule has 2 rings (SSSR count). The van der Waals surface area contributed by atoms with Crippen LogP contribution in [0.15, 0.2) is 18.3 Å². The van der Waals surface area contributed by atoms with E-state index in [9.17, 15) is 4.79 Å². The Bertz CT molecular complexity index is 620. The molecule has 0 amide bonds. The maximum absolute atomic E-state index is 11.2. The summed E-state index contributed by atoms with van der Waals surface area (Å²) in [6.45, 7) is 0. The number of nitrogens with two attached hydrogens (primary N) is 1. The van der Waals surface area contributed by atoms with E-state index in [2.05, 4.69) is 5.10 Å². The third-order valence-corrected chi connectivity index (χ3v) is 2.96. The van der Waals surface area contributed by atoms with E-state index in [1.165, 1.54) is 14.2 Å². The topological polar surface area (TPSA) is 79.4 Å². The van der Waals surface area contributed by atoms with Crippen LogP contribution in [0.1, 0.15) is 10.4 Å². The lowest BCUT2D eigenvalue weighted by Crippen LogP contribution is -2.00. The maximum Gasteiger partial charge on any atom is 0.161 e. The lowest BCUT2D eigenvalue weighted by atomic mass is 10.0. The normalized spacial score (nSPS) is 10.3. The number of ether oxygens (including phenoxy) is 2. The fourth-order valence-corrected chi connectivity index (χ4v) is 1.88. The Labute approximate surface area is 110 Å². The van der Waals surface area contributed by atoms with Crippen molar-refractivity contribution in [2.75, 3.05) is 20.0 Å². The second-order valence-corrected chi connectivity index (χ2v) is 3.98. The molecule has 0 bridgehead atoms. The van der Waals surface area contributed by atoms with Gasteiger partial charge in [0.05, 0.1) is 20.4 Å². The van der Waals surface area contributed by atoms with E-state index in [-0.39, 0.29) is 0 Å². The summed E-state index contributed by atoms with van der Waals surface area (Å²) in [6, 6.07) is 3.34. The van der Waals surface area contributed by atoms with Gasteiger partial charge in [-0.15, -0.1) is 0 Å². The molecule has 1 aromatic heterocycles. The van der Waals surface area contributed by atoms with Gasteiger partial charge in [-0.25, -0.2) is 0 Å². The largest absolute Gasteiger partial charge is 0.493 e. The molecular weight excluding hydrogens is 246 g/mol. The van der Waals surface area contributed by atoms with Crippen LogP contribution in [0, 0.1) is 0 Å². The van der Waals surface area contributed by atoms with Crippen molar-refractivity contribution < 1.29 is 14.3 Å². The molecule has 0 radical (unpaired) electrons. The van der Waals surface area contributed by atoms with E-state index in [0.717, 1.165) is 6.29 Å². The van der Waals surface area contributed by atoms with Gasteiger partial charge in [0.1, 0.15) is 5.82 Å². The minimum Gasteiger partial charge on any atom is -0.493 e. The van der Waals surface area contributed by atoms with Crippen molar-refractivity contribution >= 4 is 12.1 Å². The highest BCUT2D eigenvalue weighted by atomic mass is 16.5. The second kappa shape index (κ2) is 5.01. The highest BCUT2D eigenvalue weighted by Gasteiger charge is 2.16. The maximum atomic E-state index is 11.2. The number of aryl methyl sites for hydroxylation is 1. The van der Waals surface area contributed by atoms with Gasteiger partial charge >= 0.3 is 0 Å². The number of nitrogens with zero attached hydrogens (tertiary/aromatic N) is 2. The zero-order valence-corrected chi connectivity index (χ0v) is 11.0. The Morgan fingerprint density at radius 3 is 2.32 bits per heavy atom. The fourth-order valence-electron chi connectivity index (χ4n) is 1.88.